The van der Waals surface area contributed by atoms with Crippen LogP contribution < -0.4 is 0 Å². The summed E-state index contributed by atoms with van der Waals surface area (Å²) in [5, 5.41) is 9.87. The van der Waals surface area contributed by atoms with Crippen molar-refractivity contribution in [3.05, 3.63) is 24.0 Å². The van der Waals surface area contributed by atoms with E-state index in [1.807, 2.05) is 17.8 Å². The first-order valence-electron chi connectivity index (χ1n) is 5.13. The van der Waals surface area contributed by atoms with Gasteiger partial charge in [0.05, 0.1) is 16.3 Å². The lowest BCUT2D eigenvalue weighted by Crippen LogP contribution is -1.90. The number of imidazole rings is 1. The number of thioether (sulfide) groups is 1. The molecule has 1 aliphatic rings. The molecular formula is C11H12N2OS. The van der Waals surface area contributed by atoms with Gasteiger partial charge in [0, 0.05) is 6.07 Å². The van der Waals surface area contributed by atoms with Gasteiger partial charge in [0.15, 0.2) is 0 Å². The van der Waals surface area contributed by atoms with Gasteiger partial charge in [-0.25, -0.2) is 4.98 Å². The topological polar surface area (TPSA) is 48.9 Å². The van der Waals surface area contributed by atoms with E-state index in [9.17, 15) is 5.11 Å². The molecule has 3 rings (SSSR count). The summed E-state index contributed by atoms with van der Waals surface area (Å²) in [4.78, 5) is 7.83. The molecule has 4 heteroatoms. The van der Waals surface area contributed by atoms with Gasteiger partial charge in [-0.1, -0.05) is 0 Å². The summed E-state index contributed by atoms with van der Waals surface area (Å²) in [5.41, 5.74) is 1.87. The molecule has 2 aromatic rings. The van der Waals surface area contributed by atoms with E-state index >= 15 is 0 Å². The second-order valence-corrected chi connectivity index (χ2v) is 5.14. The number of hydrogen-bond donors (Lipinski definition) is 2. The zero-order valence-electron chi connectivity index (χ0n) is 8.23. The largest absolute Gasteiger partial charge is 0.508 e. The molecule has 1 aromatic carbocycles. The minimum Gasteiger partial charge on any atom is -0.508 e. The average Bonchev–Trinajstić information content (AvgIpc) is 2.84. The molecular weight excluding hydrogens is 208 g/mol. The van der Waals surface area contributed by atoms with Crippen molar-refractivity contribution in [3.63, 3.8) is 0 Å². The minimum atomic E-state index is 0.289. The normalized spacial score (nSPS) is 21.2. The number of H-pyrrole nitrogens is 1. The highest BCUT2D eigenvalue weighted by molar-refractivity contribution is 7.99. The number of aromatic hydroxyl groups is 1. The first-order valence-corrected chi connectivity index (χ1v) is 6.18. The summed E-state index contributed by atoms with van der Waals surface area (Å²) in [6.45, 7) is 0. The van der Waals surface area contributed by atoms with Crippen LogP contribution in [0.3, 0.4) is 0 Å². The molecule has 0 spiro atoms. The van der Waals surface area contributed by atoms with E-state index in [4.69, 9.17) is 0 Å². The fourth-order valence-electron chi connectivity index (χ4n) is 1.96. The van der Waals surface area contributed by atoms with Crippen LogP contribution in [0.25, 0.3) is 11.0 Å². The lowest BCUT2D eigenvalue weighted by molar-refractivity contribution is 0.476. The Morgan fingerprint density at radius 3 is 3.20 bits per heavy atom. The van der Waals surface area contributed by atoms with Gasteiger partial charge in [0.2, 0.25) is 0 Å². The molecule has 0 aliphatic carbocycles. The maximum absolute atomic E-state index is 9.35. The van der Waals surface area contributed by atoms with Crippen LogP contribution in [-0.2, 0) is 0 Å². The zero-order chi connectivity index (χ0) is 10.3. The Bertz CT molecular complexity index is 488. The Kier molecular flexibility index (Phi) is 2.09. The van der Waals surface area contributed by atoms with E-state index in [1.54, 1.807) is 12.1 Å². The predicted molar refractivity (Wildman–Crippen MR) is 62.2 cm³/mol. The Morgan fingerprint density at radius 1 is 1.47 bits per heavy atom. The van der Waals surface area contributed by atoms with Crippen molar-refractivity contribution < 1.29 is 5.11 Å². The zero-order valence-corrected chi connectivity index (χ0v) is 9.05. The molecule has 1 aliphatic heterocycles. The molecule has 0 bridgehead atoms. The summed E-state index contributed by atoms with van der Waals surface area (Å²) in [6.07, 6.45) is 2.48. The molecule has 1 fully saturated rings. The molecule has 1 unspecified atom stereocenters. The molecule has 1 aromatic heterocycles. The van der Waals surface area contributed by atoms with Crippen molar-refractivity contribution in [2.45, 2.75) is 18.1 Å². The van der Waals surface area contributed by atoms with Crippen LogP contribution in [0.1, 0.15) is 23.9 Å². The summed E-state index contributed by atoms with van der Waals surface area (Å²) in [7, 11) is 0. The van der Waals surface area contributed by atoms with Gasteiger partial charge in [0.25, 0.3) is 0 Å². The van der Waals surface area contributed by atoms with E-state index in [0.29, 0.717) is 5.25 Å². The van der Waals surface area contributed by atoms with Crippen LogP contribution in [0.15, 0.2) is 18.2 Å². The SMILES string of the molecule is Oc1ccc2nc(C3CCCS3)[nH]c2c1. The highest BCUT2D eigenvalue weighted by atomic mass is 32.2. The maximum atomic E-state index is 9.35. The number of hydrogen-bond acceptors (Lipinski definition) is 3. The number of benzene rings is 1. The molecule has 0 radical (unpaired) electrons. The highest BCUT2D eigenvalue weighted by Crippen LogP contribution is 2.39. The third-order valence-electron chi connectivity index (χ3n) is 2.72. The van der Waals surface area contributed by atoms with E-state index < -0.39 is 0 Å². The Balaban J connectivity index is 2.05. The minimum absolute atomic E-state index is 0.289. The predicted octanol–water partition coefficient (Wildman–Crippen LogP) is 2.84. The van der Waals surface area contributed by atoms with Crippen molar-refractivity contribution in [2.75, 3.05) is 5.75 Å². The number of aromatic nitrogens is 2. The number of aromatic amines is 1. The van der Waals surface area contributed by atoms with Crippen molar-refractivity contribution in [1.82, 2.24) is 9.97 Å². The van der Waals surface area contributed by atoms with Crippen LogP contribution in [0.4, 0.5) is 0 Å². The summed E-state index contributed by atoms with van der Waals surface area (Å²) >= 11 is 1.96. The van der Waals surface area contributed by atoms with Crippen LogP contribution in [0.5, 0.6) is 5.75 Å². The Hall–Kier alpha value is -1.16. The lowest BCUT2D eigenvalue weighted by Gasteiger charge is -2.01. The van der Waals surface area contributed by atoms with Crippen molar-refractivity contribution in [1.29, 1.82) is 0 Å². The van der Waals surface area contributed by atoms with Crippen LogP contribution >= 0.6 is 11.8 Å². The molecule has 15 heavy (non-hydrogen) atoms. The summed E-state index contributed by atoms with van der Waals surface area (Å²) in [5.74, 6) is 2.57. The standard InChI is InChI=1S/C11H12N2OS/c14-7-3-4-8-9(6-7)13-11(12-8)10-2-1-5-15-10/h3-4,6,10,14H,1-2,5H2,(H,12,13). The first-order chi connectivity index (χ1) is 7.33. The summed E-state index contributed by atoms with van der Waals surface area (Å²) in [6, 6.07) is 5.25. The van der Waals surface area contributed by atoms with E-state index in [0.717, 1.165) is 16.9 Å². The van der Waals surface area contributed by atoms with Gasteiger partial charge in [-0.15, -0.1) is 0 Å². The van der Waals surface area contributed by atoms with Gasteiger partial charge in [-0.2, -0.15) is 11.8 Å². The van der Waals surface area contributed by atoms with Crippen LogP contribution in [0.2, 0.25) is 0 Å². The third kappa shape index (κ3) is 1.59. The van der Waals surface area contributed by atoms with Gasteiger partial charge < -0.3 is 10.1 Å². The smallest absolute Gasteiger partial charge is 0.120 e. The molecule has 78 valence electrons. The third-order valence-corrected chi connectivity index (χ3v) is 4.10. The van der Waals surface area contributed by atoms with Crippen molar-refractivity contribution in [3.8, 4) is 5.75 Å². The Labute approximate surface area is 91.9 Å². The van der Waals surface area contributed by atoms with Crippen LogP contribution in [-0.4, -0.2) is 20.8 Å². The average molecular weight is 220 g/mol. The van der Waals surface area contributed by atoms with Gasteiger partial charge in [-0.05, 0) is 30.7 Å². The molecule has 2 heterocycles. The highest BCUT2D eigenvalue weighted by Gasteiger charge is 2.20. The number of nitrogens with one attached hydrogen (secondary N) is 1. The number of rotatable bonds is 1. The summed E-state index contributed by atoms with van der Waals surface area (Å²) < 4.78 is 0. The van der Waals surface area contributed by atoms with Gasteiger partial charge in [-0.3, -0.25) is 0 Å². The fraction of sp³-hybridized carbons (Fsp3) is 0.364. The Morgan fingerprint density at radius 2 is 2.40 bits per heavy atom. The number of nitrogens with zero attached hydrogens (tertiary/aromatic N) is 1. The van der Waals surface area contributed by atoms with Gasteiger partial charge in [0.1, 0.15) is 11.6 Å². The second-order valence-electron chi connectivity index (χ2n) is 3.83. The van der Waals surface area contributed by atoms with Crippen LogP contribution in [0, 0.1) is 0 Å². The number of fused-ring (bicyclic) bond motifs is 1. The first kappa shape index (κ1) is 9.09. The molecule has 1 saturated heterocycles. The van der Waals surface area contributed by atoms with Crippen molar-refractivity contribution >= 4 is 22.8 Å². The number of phenolic OH excluding ortho intramolecular Hbond substituents is 1. The second kappa shape index (κ2) is 3.45. The molecule has 3 nitrogen and oxygen atoms in total. The monoisotopic (exact) mass is 220 g/mol. The molecule has 2 N–H and O–H groups in total. The molecule has 1 atom stereocenters. The quantitative estimate of drug-likeness (QED) is 0.777. The van der Waals surface area contributed by atoms with Crippen molar-refractivity contribution in [2.24, 2.45) is 0 Å². The number of phenols is 1. The van der Waals surface area contributed by atoms with E-state index in [-0.39, 0.29) is 5.75 Å². The van der Waals surface area contributed by atoms with E-state index in [1.165, 1.54) is 18.6 Å². The fourth-order valence-corrected chi connectivity index (χ4v) is 3.18. The molecule has 0 saturated carbocycles. The van der Waals surface area contributed by atoms with Gasteiger partial charge >= 0.3 is 0 Å². The molecule has 0 amide bonds. The lowest BCUT2D eigenvalue weighted by atomic mass is 10.2. The van der Waals surface area contributed by atoms with E-state index in [2.05, 4.69) is 9.97 Å². The maximum Gasteiger partial charge on any atom is 0.120 e.